The number of carbonyl (C=O) groups is 1. The summed E-state index contributed by atoms with van der Waals surface area (Å²) in [5.41, 5.74) is 1.34. The highest BCUT2D eigenvalue weighted by Crippen LogP contribution is 2.28. The molecule has 1 aromatic carbocycles. The smallest absolute Gasteiger partial charge is 0.230 e. The maximum absolute atomic E-state index is 14.8. The van der Waals surface area contributed by atoms with Crippen molar-refractivity contribution in [3.63, 3.8) is 0 Å². The minimum absolute atomic E-state index is 0.0346. The molecule has 0 saturated carbocycles. The molecule has 0 aliphatic carbocycles. The summed E-state index contributed by atoms with van der Waals surface area (Å²) in [4.78, 5) is 26.2. The van der Waals surface area contributed by atoms with Gasteiger partial charge in [0.15, 0.2) is 12.0 Å². The van der Waals surface area contributed by atoms with Gasteiger partial charge in [0.2, 0.25) is 11.9 Å². The van der Waals surface area contributed by atoms with E-state index < -0.39 is 12.3 Å². The first kappa shape index (κ1) is 26.0. The molecule has 1 amide bonds. The number of nitriles is 1. The van der Waals surface area contributed by atoms with Gasteiger partial charge in [-0.3, -0.25) is 9.48 Å². The Morgan fingerprint density at radius 3 is 2.84 bits per heavy atom. The number of ether oxygens (including phenoxy) is 1. The van der Waals surface area contributed by atoms with Crippen molar-refractivity contribution in [3.8, 4) is 23.2 Å². The van der Waals surface area contributed by atoms with Crippen molar-refractivity contribution in [2.45, 2.75) is 51.4 Å². The van der Waals surface area contributed by atoms with Crippen molar-refractivity contribution < 1.29 is 19.0 Å². The van der Waals surface area contributed by atoms with Crippen LogP contribution in [0.4, 0.5) is 16.0 Å². The fourth-order valence-electron chi connectivity index (χ4n) is 3.90. The number of benzene rings is 1. The van der Waals surface area contributed by atoms with Crippen molar-refractivity contribution in [2.75, 3.05) is 25.0 Å². The molecule has 3 aromatic rings. The number of halogens is 1. The van der Waals surface area contributed by atoms with Gasteiger partial charge in [-0.25, -0.2) is 14.4 Å². The molecule has 37 heavy (non-hydrogen) atoms. The third-order valence-electron chi connectivity index (χ3n) is 5.89. The molecule has 1 aliphatic heterocycles. The number of aliphatic hydroxyl groups is 1. The summed E-state index contributed by atoms with van der Waals surface area (Å²) in [6, 6.07) is 6.96. The van der Waals surface area contributed by atoms with Gasteiger partial charge in [0.25, 0.3) is 0 Å². The predicted octanol–water partition coefficient (Wildman–Crippen LogP) is 2.81. The van der Waals surface area contributed by atoms with E-state index in [0.29, 0.717) is 23.9 Å². The molecule has 0 bridgehead atoms. The van der Waals surface area contributed by atoms with Crippen LogP contribution >= 0.6 is 0 Å². The molecule has 2 aromatic heterocycles. The number of amides is 1. The zero-order valence-electron chi connectivity index (χ0n) is 20.9. The monoisotopic (exact) mass is 508 g/mol. The summed E-state index contributed by atoms with van der Waals surface area (Å²) in [6.07, 6.45) is 2.94. The molecular formula is C25H29FN8O3. The molecule has 1 fully saturated rings. The van der Waals surface area contributed by atoms with Gasteiger partial charge >= 0.3 is 0 Å². The quantitative estimate of drug-likeness (QED) is 0.492. The topological polar surface area (TPSA) is 142 Å². The molecule has 1 aliphatic rings. The average Bonchev–Trinajstić information content (AvgIpc) is 3.35. The number of hydrogen-bond donors (Lipinski definition) is 2. The second-order valence-electron chi connectivity index (χ2n) is 9.70. The summed E-state index contributed by atoms with van der Waals surface area (Å²) in [5, 5.41) is 26.1. The fraction of sp³-hybridized carbons (Fsp3) is 0.440. The molecule has 0 radical (unpaired) electrons. The maximum atomic E-state index is 14.8. The Morgan fingerprint density at radius 2 is 2.16 bits per heavy atom. The normalized spacial score (nSPS) is 17.8. The third-order valence-corrected chi connectivity index (χ3v) is 5.89. The summed E-state index contributed by atoms with van der Waals surface area (Å²) >= 11 is 0. The maximum Gasteiger partial charge on any atom is 0.230 e. The SMILES string of the molecule is CC(C)(C)n1cc(Nc2ncnc(-c3ccc(OC4CCN(C(=O)CCO)CC4F)c(C#N)c3)n2)cn1. The Kier molecular flexibility index (Phi) is 7.63. The van der Waals surface area contributed by atoms with Crippen LogP contribution in [0.3, 0.4) is 0 Å². The van der Waals surface area contributed by atoms with Crippen molar-refractivity contribution >= 4 is 17.5 Å². The number of hydrogen-bond acceptors (Lipinski definition) is 9. The van der Waals surface area contributed by atoms with Gasteiger partial charge in [-0.15, -0.1) is 0 Å². The van der Waals surface area contributed by atoms with Crippen LogP contribution in [0.1, 0.15) is 39.2 Å². The Bertz CT molecular complexity index is 1300. The van der Waals surface area contributed by atoms with Gasteiger partial charge in [0, 0.05) is 31.1 Å². The molecule has 4 rings (SSSR count). The van der Waals surface area contributed by atoms with E-state index in [1.807, 2.05) is 31.6 Å². The molecule has 2 unspecified atom stereocenters. The van der Waals surface area contributed by atoms with Crippen molar-refractivity contribution in [1.29, 1.82) is 5.26 Å². The van der Waals surface area contributed by atoms with Crippen LogP contribution in [0.25, 0.3) is 11.4 Å². The lowest BCUT2D eigenvalue weighted by Crippen LogP contribution is -2.49. The number of anilines is 2. The van der Waals surface area contributed by atoms with E-state index in [0.717, 1.165) is 5.69 Å². The Hall–Kier alpha value is -4.11. The first-order valence-electron chi connectivity index (χ1n) is 11.9. The predicted molar refractivity (Wildman–Crippen MR) is 133 cm³/mol. The number of likely N-dealkylation sites (tertiary alicyclic amines) is 1. The highest BCUT2D eigenvalue weighted by Gasteiger charge is 2.33. The summed E-state index contributed by atoms with van der Waals surface area (Å²) < 4.78 is 22.4. The number of aliphatic hydroxyl groups excluding tert-OH is 1. The number of carbonyl (C=O) groups excluding carboxylic acids is 1. The number of alkyl halides is 1. The van der Waals surface area contributed by atoms with E-state index >= 15 is 0 Å². The van der Waals surface area contributed by atoms with Crippen LogP contribution in [0.2, 0.25) is 0 Å². The molecule has 12 heteroatoms. The first-order chi connectivity index (χ1) is 17.7. The summed E-state index contributed by atoms with van der Waals surface area (Å²) in [7, 11) is 0. The van der Waals surface area contributed by atoms with E-state index in [-0.39, 0.29) is 48.8 Å². The second-order valence-corrected chi connectivity index (χ2v) is 9.70. The standard InChI is InChI=1S/C25H29FN8O3/c1-25(2,3)34-13-18(12-30-34)31-24-29-15-28-23(32-24)16-4-5-20(17(10-16)11-27)37-21-6-8-33(14-19(21)26)22(36)7-9-35/h4-5,10,12-13,15,19,21,35H,6-9,14H2,1-3H3,(H,28,29,31,32). The lowest BCUT2D eigenvalue weighted by atomic mass is 10.0. The van der Waals surface area contributed by atoms with Crippen LogP contribution in [0.5, 0.6) is 5.75 Å². The number of aromatic nitrogens is 5. The second kappa shape index (κ2) is 10.9. The molecule has 194 valence electrons. The molecule has 11 nitrogen and oxygen atoms in total. The Labute approximate surface area is 213 Å². The van der Waals surface area contributed by atoms with Crippen LogP contribution in [0, 0.1) is 11.3 Å². The zero-order chi connectivity index (χ0) is 26.6. The first-order valence-corrected chi connectivity index (χ1v) is 11.9. The average molecular weight is 509 g/mol. The van der Waals surface area contributed by atoms with E-state index in [1.54, 1.807) is 24.4 Å². The molecule has 3 heterocycles. The van der Waals surface area contributed by atoms with Gasteiger partial charge in [0.1, 0.15) is 24.3 Å². The van der Waals surface area contributed by atoms with Crippen LogP contribution in [-0.4, -0.2) is 72.6 Å². The summed E-state index contributed by atoms with van der Waals surface area (Å²) in [5.74, 6) is 0.624. The summed E-state index contributed by atoms with van der Waals surface area (Å²) in [6.45, 7) is 6.06. The number of nitrogens with one attached hydrogen (secondary N) is 1. The lowest BCUT2D eigenvalue weighted by Gasteiger charge is -2.34. The minimum Gasteiger partial charge on any atom is -0.486 e. The van der Waals surface area contributed by atoms with E-state index in [9.17, 15) is 14.4 Å². The zero-order valence-corrected chi connectivity index (χ0v) is 20.9. The van der Waals surface area contributed by atoms with Crippen LogP contribution < -0.4 is 10.1 Å². The molecule has 2 N–H and O–H groups in total. The van der Waals surface area contributed by atoms with Crippen molar-refractivity contribution in [1.82, 2.24) is 29.6 Å². The highest BCUT2D eigenvalue weighted by atomic mass is 19.1. The Morgan fingerprint density at radius 1 is 1.35 bits per heavy atom. The fourth-order valence-corrected chi connectivity index (χ4v) is 3.90. The van der Waals surface area contributed by atoms with E-state index in [2.05, 4.69) is 31.4 Å². The van der Waals surface area contributed by atoms with Crippen LogP contribution in [0.15, 0.2) is 36.9 Å². The molecule has 0 spiro atoms. The van der Waals surface area contributed by atoms with Gasteiger partial charge in [0.05, 0.1) is 36.1 Å². The van der Waals surface area contributed by atoms with E-state index in [1.165, 1.54) is 11.2 Å². The van der Waals surface area contributed by atoms with Crippen LogP contribution in [-0.2, 0) is 10.3 Å². The highest BCUT2D eigenvalue weighted by molar-refractivity contribution is 5.76. The third kappa shape index (κ3) is 6.18. The van der Waals surface area contributed by atoms with Crippen molar-refractivity contribution in [3.05, 3.63) is 42.5 Å². The van der Waals surface area contributed by atoms with Gasteiger partial charge < -0.3 is 20.1 Å². The number of piperidine rings is 1. The number of rotatable bonds is 7. The van der Waals surface area contributed by atoms with Gasteiger partial charge in [-0.05, 0) is 39.0 Å². The lowest BCUT2D eigenvalue weighted by molar-refractivity contribution is -0.135. The van der Waals surface area contributed by atoms with Crippen molar-refractivity contribution in [2.24, 2.45) is 0 Å². The molecular weight excluding hydrogens is 479 g/mol. The van der Waals surface area contributed by atoms with Gasteiger partial charge in [-0.2, -0.15) is 15.3 Å². The Balaban J connectivity index is 1.46. The number of nitrogens with zero attached hydrogens (tertiary/aromatic N) is 7. The van der Waals surface area contributed by atoms with Gasteiger partial charge in [-0.1, -0.05) is 0 Å². The molecule has 2 atom stereocenters. The largest absolute Gasteiger partial charge is 0.486 e. The molecule has 1 saturated heterocycles. The minimum atomic E-state index is -1.41. The van der Waals surface area contributed by atoms with E-state index in [4.69, 9.17) is 9.84 Å².